The Bertz CT molecular complexity index is 548. The first kappa shape index (κ1) is 17.9. The average Bonchev–Trinajstić information content (AvgIpc) is 3.35. The van der Waals surface area contributed by atoms with E-state index >= 15 is 0 Å². The fraction of sp³-hybridized carbons (Fsp3) is 0.812. The average molecular weight is 326 g/mol. The van der Waals surface area contributed by atoms with Gasteiger partial charge in [0.2, 0.25) is 0 Å². The zero-order chi connectivity index (χ0) is 16.8. The van der Waals surface area contributed by atoms with Gasteiger partial charge in [0.15, 0.2) is 0 Å². The van der Waals surface area contributed by atoms with Crippen LogP contribution in [0.25, 0.3) is 0 Å². The van der Waals surface area contributed by atoms with Crippen molar-refractivity contribution in [1.82, 2.24) is 9.36 Å². The SMILES string of the molecule is CNc1c(N)n(CO)n(CCCCCCC(CO)C2CC2)c1=O. The predicted molar refractivity (Wildman–Crippen MR) is 91.3 cm³/mol. The zero-order valence-corrected chi connectivity index (χ0v) is 14.0. The highest BCUT2D eigenvalue weighted by molar-refractivity contribution is 5.60. The summed E-state index contributed by atoms with van der Waals surface area (Å²) in [5, 5.41) is 21.5. The highest BCUT2D eigenvalue weighted by Gasteiger charge is 2.29. The quantitative estimate of drug-likeness (QED) is 0.457. The maximum Gasteiger partial charge on any atom is 0.292 e. The standard InChI is InChI=1S/C16H30N4O3/c1-18-14-15(17)20(11-22)19(16(14)23)9-5-3-2-4-6-13(10-21)12-7-8-12/h12-13,18,21-22H,2-11,17H2,1H3. The molecule has 7 nitrogen and oxygen atoms in total. The number of anilines is 2. The monoisotopic (exact) mass is 326 g/mol. The lowest BCUT2D eigenvalue weighted by molar-refractivity contribution is 0.174. The van der Waals surface area contributed by atoms with Crippen LogP contribution in [-0.4, -0.2) is 33.2 Å². The van der Waals surface area contributed by atoms with Gasteiger partial charge in [-0.15, -0.1) is 0 Å². The molecule has 0 spiro atoms. The number of nitrogens with two attached hydrogens (primary N) is 1. The Morgan fingerprint density at radius 1 is 1.22 bits per heavy atom. The lowest BCUT2D eigenvalue weighted by Crippen LogP contribution is -2.24. The van der Waals surface area contributed by atoms with Crippen molar-refractivity contribution in [3.63, 3.8) is 0 Å². The van der Waals surface area contributed by atoms with Crippen molar-refractivity contribution in [2.45, 2.75) is 58.2 Å². The van der Waals surface area contributed by atoms with Crippen LogP contribution in [0.4, 0.5) is 11.5 Å². The largest absolute Gasteiger partial charge is 0.396 e. The van der Waals surface area contributed by atoms with Gasteiger partial charge >= 0.3 is 0 Å². The van der Waals surface area contributed by atoms with Crippen LogP contribution in [-0.2, 0) is 13.3 Å². The van der Waals surface area contributed by atoms with Gasteiger partial charge in [-0.1, -0.05) is 19.3 Å². The predicted octanol–water partition coefficient (Wildman–Crippen LogP) is 1.19. The number of aromatic nitrogens is 2. The molecule has 5 N–H and O–H groups in total. The van der Waals surface area contributed by atoms with E-state index in [1.165, 1.54) is 22.2 Å². The van der Waals surface area contributed by atoms with Crippen molar-refractivity contribution in [2.24, 2.45) is 11.8 Å². The summed E-state index contributed by atoms with van der Waals surface area (Å²) in [6, 6.07) is 0. The number of aliphatic hydroxyl groups is 2. The van der Waals surface area contributed by atoms with Gasteiger partial charge < -0.3 is 21.3 Å². The third-order valence-corrected chi connectivity index (χ3v) is 4.88. The van der Waals surface area contributed by atoms with Crippen LogP contribution >= 0.6 is 0 Å². The summed E-state index contributed by atoms with van der Waals surface area (Å²) in [5.74, 6) is 1.52. The summed E-state index contributed by atoms with van der Waals surface area (Å²) in [7, 11) is 1.65. The Kier molecular flexibility index (Phi) is 6.53. The minimum Gasteiger partial charge on any atom is -0.396 e. The minimum absolute atomic E-state index is 0.187. The first-order chi connectivity index (χ1) is 11.1. The van der Waals surface area contributed by atoms with Crippen molar-refractivity contribution < 1.29 is 10.2 Å². The van der Waals surface area contributed by atoms with E-state index in [1.807, 2.05) is 0 Å². The van der Waals surface area contributed by atoms with Crippen molar-refractivity contribution >= 4 is 11.5 Å². The molecular formula is C16H30N4O3. The molecule has 132 valence electrons. The van der Waals surface area contributed by atoms with Crippen molar-refractivity contribution in [1.29, 1.82) is 0 Å². The number of hydrogen-bond acceptors (Lipinski definition) is 5. The topological polar surface area (TPSA) is 105 Å². The first-order valence-electron chi connectivity index (χ1n) is 8.62. The number of aliphatic hydroxyl groups excluding tert-OH is 2. The van der Waals surface area contributed by atoms with Crippen LogP contribution in [0.15, 0.2) is 4.79 Å². The van der Waals surface area contributed by atoms with Crippen molar-refractivity contribution in [3.05, 3.63) is 10.4 Å². The minimum atomic E-state index is -0.303. The number of nitrogens with one attached hydrogen (secondary N) is 1. The van der Waals surface area contributed by atoms with Crippen LogP contribution in [0.1, 0.15) is 44.9 Å². The van der Waals surface area contributed by atoms with Gasteiger partial charge in [-0.05, 0) is 37.5 Å². The van der Waals surface area contributed by atoms with Crippen LogP contribution in [0.2, 0.25) is 0 Å². The van der Waals surface area contributed by atoms with Crippen LogP contribution < -0.4 is 16.6 Å². The Morgan fingerprint density at radius 2 is 1.91 bits per heavy atom. The van der Waals surface area contributed by atoms with Crippen LogP contribution in [0, 0.1) is 11.8 Å². The molecule has 1 fully saturated rings. The molecule has 0 aliphatic heterocycles. The lowest BCUT2D eigenvalue weighted by atomic mass is 9.97. The molecule has 1 aromatic heterocycles. The molecule has 2 rings (SSSR count). The van der Waals surface area contributed by atoms with Gasteiger partial charge in [-0.2, -0.15) is 0 Å². The number of nitrogens with zero attached hydrogens (tertiary/aromatic N) is 2. The Labute approximate surface area is 137 Å². The summed E-state index contributed by atoms with van der Waals surface area (Å²) in [6.45, 7) is 0.565. The molecule has 1 aromatic rings. The normalized spacial score (nSPS) is 15.8. The Morgan fingerprint density at radius 3 is 2.48 bits per heavy atom. The van der Waals surface area contributed by atoms with Gasteiger partial charge in [0.05, 0.1) is 0 Å². The number of rotatable bonds is 11. The van der Waals surface area contributed by atoms with E-state index < -0.39 is 0 Å². The van der Waals surface area contributed by atoms with E-state index in [9.17, 15) is 15.0 Å². The van der Waals surface area contributed by atoms with Crippen LogP contribution in [0.3, 0.4) is 0 Å². The van der Waals surface area contributed by atoms with Gasteiger partial charge in [0.1, 0.15) is 18.2 Å². The van der Waals surface area contributed by atoms with Gasteiger partial charge in [0.25, 0.3) is 5.56 Å². The fourth-order valence-electron chi connectivity index (χ4n) is 3.28. The molecule has 0 aromatic carbocycles. The van der Waals surface area contributed by atoms with Gasteiger partial charge in [0, 0.05) is 20.2 Å². The van der Waals surface area contributed by atoms with Crippen molar-refractivity contribution in [3.8, 4) is 0 Å². The van der Waals surface area contributed by atoms with E-state index in [0.717, 1.165) is 38.0 Å². The maximum atomic E-state index is 12.2. The molecule has 1 unspecified atom stereocenters. The molecule has 0 bridgehead atoms. The molecule has 1 aliphatic rings. The van der Waals surface area contributed by atoms with E-state index in [4.69, 9.17) is 5.73 Å². The van der Waals surface area contributed by atoms with Gasteiger partial charge in [-0.3, -0.25) is 4.79 Å². The van der Waals surface area contributed by atoms with E-state index in [-0.39, 0.29) is 18.1 Å². The molecule has 23 heavy (non-hydrogen) atoms. The van der Waals surface area contributed by atoms with Crippen molar-refractivity contribution in [2.75, 3.05) is 24.7 Å². The smallest absolute Gasteiger partial charge is 0.292 e. The maximum absolute atomic E-state index is 12.2. The highest BCUT2D eigenvalue weighted by Crippen LogP contribution is 2.39. The Balaban J connectivity index is 1.75. The second-order valence-electron chi connectivity index (χ2n) is 6.46. The molecule has 0 radical (unpaired) electrons. The van der Waals surface area contributed by atoms with Gasteiger partial charge in [-0.25, -0.2) is 9.36 Å². The summed E-state index contributed by atoms with van der Waals surface area (Å²) in [4.78, 5) is 12.2. The number of hydrogen-bond donors (Lipinski definition) is 4. The lowest BCUT2D eigenvalue weighted by Gasteiger charge is -2.13. The molecular weight excluding hydrogens is 296 g/mol. The second kappa shape index (κ2) is 8.40. The van der Waals surface area contributed by atoms with Crippen LogP contribution in [0.5, 0.6) is 0 Å². The molecule has 1 heterocycles. The third-order valence-electron chi connectivity index (χ3n) is 4.88. The van der Waals surface area contributed by atoms with E-state index in [1.54, 1.807) is 7.05 Å². The summed E-state index contributed by atoms with van der Waals surface area (Å²) < 4.78 is 2.91. The molecule has 7 heteroatoms. The first-order valence-corrected chi connectivity index (χ1v) is 8.62. The Hall–Kier alpha value is -1.47. The summed E-state index contributed by atoms with van der Waals surface area (Å²) in [5.41, 5.74) is 6.01. The number of nitrogen functional groups attached to an aromatic ring is 1. The summed E-state index contributed by atoms with van der Waals surface area (Å²) >= 11 is 0. The number of unbranched alkanes of at least 4 members (excludes halogenated alkanes) is 3. The second-order valence-corrected chi connectivity index (χ2v) is 6.46. The third kappa shape index (κ3) is 4.29. The summed E-state index contributed by atoms with van der Waals surface area (Å²) in [6.07, 6.45) is 7.79. The van der Waals surface area contributed by atoms with E-state index in [0.29, 0.717) is 24.8 Å². The van der Waals surface area contributed by atoms with E-state index in [2.05, 4.69) is 5.32 Å². The molecule has 0 saturated heterocycles. The molecule has 1 saturated carbocycles. The molecule has 1 aliphatic carbocycles. The molecule has 1 atom stereocenters. The molecule has 0 amide bonds. The fourth-order valence-corrected chi connectivity index (χ4v) is 3.28. The zero-order valence-electron chi connectivity index (χ0n) is 14.0. The highest BCUT2D eigenvalue weighted by atomic mass is 16.3.